The van der Waals surface area contributed by atoms with Crippen molar-refractivity contribution in [3.8, 4) is 34.2 Å². The summed E-state index contributed by atoms with van der Waals surface area (Å²) in [6, 6.07) is 13.9. The Kier molecular flexibility index (Phi) is 6.71. The molecular formula is C30H29ClN6O5. The van der Waals surface area contributed by atoms with Gasteiger partial charge in [0.2, 0.25) is 0 Å². The van der Waals surface area contributed by atoms with Crippen LogP contribution in [0.2, 0.25) is 5.02 Å². The Balaban J connectivity index is 1.07. The number of halogens is 1. The summed E-state index contributed by atoms with van der Waals surface area (Å²) in [4.78, 5) is 16.9. The number of aromatic nitrogens is 6. The summed E-state index contributed by atoms with van der Waals surface area (Å²) >= 11 is 6.62. The first-order valence-corrected chi connectivity index (χ1v) is 14.1. The van der Waals surface area contributed by atoms with Crippen LogP contribution in [0.5, 0.6) is 6.01 Å². The van der Waals surface area contributed by atoms with Gasteiger partial charge in [-0.15, -0.1) is 0 Å². The van der Waals surface area contributed by atoms with Gasteiger partial charge in [0, 0.05) is 29.9 Å². The van der Waals surface area contributed by atoms with Gasteiger partial charge in [-0.05, 0) is 43.2 Å². The van der Waals surface area contributed by atoms with E-state index < -0.39 is 11.7 Å². The molecule has 0 spiro atoms. The van der Waals surface area contributed by atoms with E-state index in [4.69, 9.17) is 30.8 Å². The quantitative estimate of drug-likeness (QED) is 0.259. The molecular weight excluding hydrogens is 560 g/mol. The van der Waals surface area contributed by atoms with Gasteiger partial charge in [0.1, 0.15) is 18.3 Å². The SMILES string of the molecule is CC(C)(O)Cc1cnn(-c2ccc(-c3ccc(-c4nc5nc(O[C@@H]6CO[C@H]7C6OC[C@H]7O)[nH]c5cc4Cl)cc3)cn2)c1. The summed E-state index contributed by atoms with van der Waals surface area (Å²) < 4.78 is 19.0. The first-order chi connectivity index (χ1) is 20.2. The normalized spacial score (nSPS) is 22.1. The fourth-order valence-corrected chi connectivity index (χ4v) is 5.69. The first-order valence-electron chi connectivity index (χ1n) is 13.7. The number of imidazole rings is 1. The van der Waals surface area contributed by atoms with Crippen LogP contribution in [0.3, 0.4) is 0 Å². The lowest BCUT2D eigenvalue weighted by molar-refractivity contribution is 0.00706. The molecule has 2 saturated heterocycles. The molecule has 1 unspecified atom stereocenters. The fourth-order valence-electron chi connectivity index (χ4n) is 5.43. The van der Waals surface area contributed by atoms with Crippen LogP contribution in [0, 0.1) is 0 Å². The van der Waals surface area contributed by atoms with E-state index in [9.17, 15) is 10.2 Å². The standard InChI is InChI=1S/C30H29ClN6O5/c1-30(2,39)10-16-11-33-37(13-16)24-8-7-19(12-32-24)17-3-5-18(6-4-17)25-20(31)9-21-28(35-25)36-29(34-21)42-23-15-41-26-22(38)14-40-27(23)26/h3-9,11-13,22-23,26-27,38-39H,10,14-15H2,1-2H3,(H,34,35,36)/t22-,23-,26-,27?/m1/s1. The van der Waals surface area contributed by atoms with E-state index in [0.29, 0.717) is 46.7 Å². The molecule has 12 heteroatoms. The molecule has 2 fully saturated rings. The molecule has 1 aromatic carbocycles. The number of rotatable bonds is 7. The summed E-state index contributed by atoms with van der Waals surface area (Å²) in [5.74, 6) is 0.692. The molecule has 42 heavy (non-hydrogen) atoms. The highest BCUT2D eigenvalue weighted by Crippen LogP contribution is 2.33. The second-order valence-electron chi connectivity index (χ2n) is 11.3. The van der Waals surface area contributed by atoms with Gasteiger partial charge >= 0.3 is 0 Å². The molecule has 7 rings (SSSR count). The average Bonchev–Trinajstić information content (AvgIpc) is 3.75. The number of fused-ring (bicyclic) bond motifs is 2. The number of nitrogens with zero attached hydrogens (tertiary/aromatic N) is 5. The van der Waals surface area contributed by atoms with E-state index in [0.717, 1.165) is 22.3 Å². The van der Waals surface area contributed by atoms with Gasteiger partial charge in [-0.3, -0.25) is 0 Å². The summed E-state index contributed by atoms with van der Waals surface area (Å²) in [6.45, 7) is 4.08. The van der Waals surface area contributed by atoms with Gasteiger partial charge in [-0.25, -0.2) is 14.6 Å². The smallest absolute Gasteiger partial charge is 0.296 e. The summed E-state index contributed by atoms with van der Waals surface area (Å²) in [5.41, 5.74) is 4.65. The second-order valence-corrected chi connectivity index (χ2v) is 11.7. The van der Waals surface area contributed by atoms with E-state index in [1.807, 2.05) is 42.6 Å². The van der Waals surface area contributed by atoms with E-state index in [1.54, 1.807) is 37.0 Å². The predicted octanol–water partition coefficient (Wildman–Crippen LogP) is 3.75. The zero-order chi connectivity index (χ0) is 29.0. The number of hydrogen-bond acceptors (Lipinski definition) is 9. The van der Waals surface area contributed by atoms with Crippen molar-refractivity contribution in [1.82, 2.24) is 29.7 Å². The number of benzene rings is 1. The van der Waals surface area contributed by atoms with Crippen LogP contribution in [-0.2, 0) is 15.9 Å². The number of hydrogen-bond donors (Lipinski definition) is 3. The monoisotopic (exact) mass is 588 g/mol. The number of ether oxygens (including phenoxy) is 3. The van der Waals surface area contributed by atoms with Gasteiger partial charge in [-0.1, -0.05) is 35.9 Å². The molecule has 0 saturated carbocycles. The molecule has 5 aromatic rings. The van der Waals surface area contributed by atoms with Crippen LogP contribution in [0.15, 0.2) is 61.1 Å². The lowest BCUT2D eigenvalue weighted by atomic mass is 10.0. The third-order valence-electron chi connectivity index (χ3n) is 7.40. The predicted molar refractivity (Wildman–Crippen MR) is 155 cm³/mol. The van der Waals surface area contributed by atoms with E-state index in [1.165, 1.54) is 0 Å². The van der Waals surface area contributed by atoms with Crippen molar-refractivity contribution < 1.29 is 24.4 Å². The minimum atomic E-state index is -0.801. The zero-order valence-electron chi connectivity index (χ0n) is 22.9. The lowest BCUT2D eigenvalue weighted by Gasteiger charge is -2.15. The van der Waals surface area contributed by atoms with Gasteiger partial charge in [0.15, 0.2) is 17.6 Å². The Hall–Kier alpha value is -3.87. The minimum absolute atomic E-state index is 0.230. The highest BCUT2D eigenvalue weighted by Gasteiger charge is 2.48. The summed E-state index contributed by atoms with van der Waals surface area (Å²) in [5, 5.41) is 24.9. The van der Waals surface area contributed by atoms with Crippen molar-refractivity contribution in [2.75, 3.05) is 13.2 Å². The van der Waals surface area contributed by atoms with Crippen LogP contribution < -0.4 is 4.74 Å². The largest absolute Gasteiger partial charge is 0.456 e. The average molecular weight is 589 g/mol. The second kappa shape index (κ2) is 10.4. The third kappa shape index (κ3) is 5.25. The Bertz CT molecular complexity index is 1730. The molecule has 2 aliphatic rings. The molecule has 4 atom stereocenters. The van der Waals surface area contributed by atoms with Crippen molar-refractivity contribution in [2.45, 2.75) is 50.3 Å². The van der Waals surface area contributed by atoms with Gasteiger partial charge < -0.3 is 29.4 Å². The van der Waals surface area contributed by atoms with Gasteiger partial charge in [0.25, 0.3) is 6.01 Å². The molecule has 2 aliphatic heterocycles. The Morgan fingerprint density at radius 3 is 2.55 bits per heavy atom. The first kappa shape index (κ1) is 27.0. The number of aliphatic hydroxyl groups is 2. The Morgan fingerprint density at radius 1 is 1.02 bits per heavy atom. The van der Waals surface area contributed by atoms with Crippen LogP contribution in [0.1, 0.15) is 19.4 Å². The maximum atomic E-state index is 10.1. The van der Waals surface area contributed by atoms with Crippen molar-refractivity contribution in [3.63, 3.8) is 0 Å². The van der Waals surface area contributed by atoms with E-state index >= 15 is 0 Å². The number of aromatic amines is 1. The molecule has 0 amide bonds. The van der Waals surface area contributed by atoms with Gasteiger partial charge in [0.05, 0.1) is 41.2 Å². The molecule has 3 N–H and O–H groups in total. The van der Waals surface area contributed by atoms with Crippen LogP contribution in [0.4, 0.5) is 0 Å². The van der Waals surface area contributed by atoms with E-state index in [2.05, 4.69) is 20.1 Å². The molecule has 11 nitrogen and oxygen atoms in total. The molecule has 0 radical (unpaired) electrons. The molecule has 0 aliphatic carbocycles. The number of nitrogens with one attached hydrogen (secondary N) is 1. The fraction of sp³-hybridized carbons (Fsp3) is 0.333. The minimum Gasteiger partial charge on any atom is -0.456 e. The maximum Gasteiger partial charge on any atom is 0.296 e. The highest BCUT2D eigenvalue weighted by molar-refractivity contribution is 6.33. The number of pyridine rings is 2. The molecule has 6 heterocycles. The van der Waals surface area contributed by atoms with Crippen LogP contribution >= 0.6 is 11.6 Å². The van der Waals surface area contributed by atoms with Crippen LogP contribution in [-0.4, -0.2) is 83.2 Å². The topological polar surface area (TPSA) is 140 Å². The van der Waals surface area contributed by atoms with Crippen LogP contribution in [0.25, 0.3) is 39.4 Å². The van der Waals surface area contributed by atoms with Crippen molar-refractivity contribution >= 4 is 22.8 Å². The molecule has 216 valence electrons. The van der Waals surface area contributed by atoms with Crippen molar-refractivity contribution in [3.05, 3.63) is 71.6 Å². The highest BCUT2D eigenvalue weighted by atomic mass is 35.5. The molecule has 0 bridgehead atoms. The van der Waals surface area contributed by atoms with Crippen molar-refractivity contribution in [1.29, 1.82) is 0 Å². The van der Waals surface area contributed by atoms with E-state index in [-0.39, 0.29) is 24.9 Å². The number of H-pyrrole nitrogens is 1. The maximum absolute atomic E-state index is 10.1. The Morgan fingerprint density at radius 2 is 1.79 bits per heavy atom. The Labute approximate surface area is 246 Å². The zero-order valence-corrected chi connectivity index (χ0v) is 23.7. The number of aliphatic hydroxyl groups excluding tert-OH is 1. The van der Waals surface area contributed by atoms with Gasteiger partial charge in [-0.2, -0.15) is 10.1 Å². The van der Waals surface area contributed by atoms with Crippen molar-refractivity contribution in [2.24, 2.45) is 0 Å². The summed E-state index contributed by atoms with van der Waals surface area (Å²) in [6.07, 6.45) is 4.19. The lowest BCUT2D eigenvalue weighted by Crippen LogP contribution is -2.34. The summed E-state index contributed by atoms with van der Waals surface area (Å²) in [7, 11) is 0. The molecule has 4 aromatic heterocycles. The third-order valence-corrected chi connectivity index (χ3v) is 7.68.